The number of aliphatic hydroxyl groups is 2. The monoisotopic (exact) mass is 1860 g/mol. The van der Waals surface area contributed by atoms with Crippen LogP contribution in [-0.4, -0.2) is 74.6 Å². The molecule has 23 nitrogen and oxygen atoms in total. The van der Waals surface area contributed by atoms with Gasteiger partial charge in [-0.05, 0) is 265 Å². The van der Waals surface area contributed by atoms with Crippen LogP contribution in [0.25, 0.3) is 31.6 Å². The summed E-state index contributed by atoms with van der Waals surface area (Å²) in [6, 6.07) is 99.2. The Morgan fingerprint density at radius 2 is 0.763 bits per heavy atom. The van der Waals surface area contributed by atoms with Crippen LogP contribution in [0.2, 0.25) is 0 Å². The van der Waals surface area contributed by atoms with Crippen molar-refractivity contribution >= 4 is 98.4 Å². The molecular weight excluding hydrogens is 1770 g/mol. The summed E-state index contributed by atoms with van der Waals surface area (Å²) >= 11 is 3.55. The van der Waals surface area contributed by atoms with Crippen molar-refractivity contribution in [3.05, 3.63) is 444 Å². The lowest BCUT2D eigenvalue weighted by Crippen LogP contribution is -2.25. The topological polar surface area (TPSA) is 277 Å². The number of aromatic nitrogens is 6. The minimum atomic E-state index is -1.67. The fourth-order valence-corrected chi connectivity index (χ4v) is 14.4. The van der Waals surface area contributed by atoms with Crippen LogP contribution in [0.4, 0.5) is 34.1 Å². The fraction of sp³-hybridized carbons (Fsp3) is 0.163. The zero-order chi connectivity index (χ0) is 92.1. The summed E-state index contributed by atoms with van der Waals surface area (Å²) < 4.78 is 32.2. The van der Waals surface area contributed by atoms with Crippen LogP contribution in [0.15, 0.2) is 326 Å². The Morgan fingerprint density at radius 1 is 0.427 bits per heavy atom. The quantitative estimate of drug-likeness (QED) is 0.0177. The molecule has 8 N–H and O–H groups in total. The molecule has 3 atom stereocenters. The number of nitrogens with one attached hydrogen (secondary N) is 4. The summed E-state index contributed by atoms with van der Waals surface area (Å²) in [5.41, 5.74) is 21.6. The predicted octanol–water partition coefficient (Wildman–Crippen LogP) is 23.1. The van der Waals surface area contributed by atoms with Gasteiger partial charge >= 0.3 is 0 Å². The van der Waals surface area contributed by atoms with Crippen molar-refractivity contribution < 1.29 is 43.0 Å². The minimum Gasteiger partial charge on any atom is -0.489 e. The molecule has 0 spiro atoms. The van der Waals surface area contributed by atoms with Crippen LogP contribution in [0.5, 0.6) is 17.2 Å². The van der Waals surface area contributed by atoms with Gasteiger partial charge in [-0.1, -0.05) is 194 Å². The van der Waals surface area contributed by atoms with E-state index in [4.69, 9.17) is 43.9 Å². The zero-order valence-electron chi connectivity index (χ0n) is 71.7. The SMILES string of the molecule is NCC1CC1.O=S(Cl)Cl.[C-]#[N+]c1cccc(-n2nc(C)cc2C(=O)Nc2cccc(C(NCC3CC3)c3ccc(OCc4ccccc4)cc3)c2)c1.[C-]#[N+]c1cccc(-n2nc(C)cc2C(=O)Nc2cccc(C(O)c3ccc(OCc4ccccc4)c(Br)c3)c2)c1.[C-]#[N+]c1cccc(-n2nc(C)cc2C(=O)Nc2cccc(C(O)c3ccc(OCc4ccccc4)cc3)c2)c1. The molecule has 2 aliphatic rings. The molecular formula is C104H93BrCl2N14O9S. The van der Waals surface area contributed by atoms with Crippen LogP contribution in [0, 0.1) is 52.3 Å². The summed E-state index contributed by atoms with van der Waals surface area (Å²) in [6.07, 6.45) is 3.49. The number of ether oxygens (including phenoxy) is 3. The number of nitrogens with zero attached hydrogens (tertiary/aromatic N) is 9. The third-order valence-corrected chi connectivity index (χ3v) is 21.6. The number of aryl methyl sites for hydroxylation is 3. The van der Waals surface area contributed by atoms with Crippen LogP contribution in [0.1, 0.15) is 143 Å². The van der Waals surface area contributed by atoms with Crippen molar-refractivity contribution in [3.8, 4) is 34.3 Å². The second-order valence-electron chi connectivity index (χ2n) is 31.0. The van der Waals surface area contributed by atoms with Gasteiger partial charge in [0.1, 0.15) is 66.4 Å². The van der Waals surface area contributed by atoms with E-state index in [9.17, 15) is 24.6 Å². The Hall–Kier alpha value is -14.4. The fourth-order valence-electron chi connectivity index (χ4n) is 13.9. The number of carbonyl (C=O) groups excluding carboxylic acids is 3. The van der Waals surface area contributed by atoms with E-state index in [1.54, 1.807) is 146 Å². The lowest BCUT2D eigenvalue weighted by Gasteiger charge is -2.21. The smallest absolute Gasteiger partial charge is 0.274 e. The molecule has 12 aromatic carbocycles. The summed E-state index contributed by atoms with van der Waals surface area (Å²) in [6.45, 7) is 30.6. The minimum absolute atomic E-state index is 0.0373. The van der Waals surface area contributed by atoms with Gasteiger partial charge in [-0.25, -0.2) is 32.8 Å². The van der Waals surface area contributed by atoms with Crippen LogP contribution in [-0.2, 0) is 29.0 Å². The van der Waals surface area contributed by atoms with E-state index in [1.807, 2.05) is 171 Å². The van der Waals surface area contributed by atoms with Gasteiger partial charge in [0.15, 0.2) is 17.1 Å². The van der Waals surface area contributed by atoms with Gasteiger partial charge in [0, 0.05) is 38.4 Å². The summed E-state index contributed by atoms with van der Waals surface area (Å²) in [4.78, 5) is 50.4. The number of hydrogen-bond acceptors (Lipinski definition) is 14. The average molecular weight is 1870 g/mol. The highest BCUT2D eigenvalue weighted by molar-refractivity contribution is 9.10. The van der Waals surface area contributed by atoms with E-state index in [-0.39, 0.29) is 23.8 Å². The number of hydrogen-bond donors (Lipinski definition) is 7. The highest BCUT2D eigenvalue weighted by atomic mass is 79.9. The van der Waals surface area contributed by atoms with Crippen molar-refractivity contribution in [1.82, 2.24) is 34.7 Å². The van der Waals surface area contributed by atoms with Gasteiger partial charge in [-0.15, -0.1) is 0 Å². The maximum atomic E-state index is 13.5. The van der Waals surface area contributed by atoms with Gasteiger partial charge in [-0.3, -0.25) is 14.4 Å². The molecule has 0 bridgehead atoms. The number of carbonyl (C=O) groups is 3. The molecule has 131 heavy (non-hydrogen) atoms. The molecule has 17 rings (SSSR count). The van der Waals surface area contributed by atoms with Crippen LogP contribution in [0.3, 0.4) is 0 Å². The molecule has 0 aliphatic heterocycles. The van der Waals surface area contributed by atoms with Crippen molar-refractivity contribution in [2.24, 2.45) is 17.6 Å². The van der Waals surface area contributed by atoms with Crippen molar-refractivity contribution in [2.75, 3.05) is 29.0 Å². The predicted molar refractivity (Wildman–Crippen MR) is 519 cm³/mol. The first-order valence-electron chi connectivity index (χ1n) is 42.0. The number of halogens is 3. The molecule has 27 heteroatoms. The first-order chi connectivity index (χ1) is 63.6. The Bertz CT molecular complexity index is 6570. The number of aliphatic hydroxyl groups excluding tert-OH is 2. The Labute approximate surface area is 780 Å². The van der Waals surface area contributed by atoms with E-state index >= 15 is 0 Å². The number of anilines is 3. The molecule has 0 saturated heterocycles. The highest BCUT2D eigenvalue weighted by Crippen LogP contribution is 2.36. The van der Waals surface area contributed by atoms with Crippen molar-refractivity contribution in [1.29, 1.82) is 0 Å². The summed E-state index contributed by atoms with van der Waals surface area (Å²) in [5, 5.41) is 48.2. The number of rotatable bonds is 28. The lowest BCUT2D eigenvalue weighted by atomic mass is 9.97. The van der Waals surface area contributed by atoms with Gasteiger partial charge in [0.05, 0.1) is 64.4 Å². The highest BCUT2D eigenvalue weighted by Gasteiger charge is 2.27. The first-order valence-corrected chi connectivity index (χ1v) is 45.6. The maximum absolute atomic E-state index is 13.5. The van der Waals surface area contributed by atoms with E-state index < -0.39 is 21.4 Å². The molecule has 15 aromatic rings. The van der Waals surface area contributed by atoms with Crippen LogP contribution >= 0.6 is 37.3 Å². The molecule has 3 unspecified atom stereocenters. The molecule has 3 amide bonds. The zero-order valence-corrected chi connectivity index (χ0v) is 75.7. The molecule has 0 radical (unpaired) electrons. The molecule has 3 heterocycles. The van der Waals surface area contributed by atoms with E-state index in [0.29, 0.717) is 145 Å². The largest absolute Gasteiger partial charge is 0.489 e. The number of benzene rings is 12. The molecule has 2 aliphatic carbocycles. The number of nitrogens with two attached hydrogens (primary N) is 1. The van der Waals surface area contributed by atoms with Gasteiger partial charge < -0.3 is 51.4 Å². The first kappa shape index (κ1) is 94.2. The Morgan fingerprint density at radius 3 is 1.12 bits per heavy atom. The van der Waals surface area contributed by atoms with Crippen LogP contribution < -0.4 is 41.2 Å². The molecule has 2 fully saturated rings. The van der Waals surface area contributed by atoms with E-state index in [2.05, 4.69) is 119 Å². The third kappa shape index (κ3) is 27.6. The number of amides is 3. The van der Waals surface area contributed by atoms with E-state index in [1.165, 1.54) is 35.0 Å². The van der Waals surface area contributed by atoms with Gasteiger partial charge in [0.25, 0.3) is 17.7 Å². The third-order valence-electron chi connectivity index (χ3n) is 21.0. The van der Waals surface area contributed by atoms with Gasteiger partial charge in [0.2, 0.25) is 9.23 Å². The molecule has 2 saturated carbocycles. The van der Waals surface area contributed by atoms with Crippen molar-refractivity contribution in [3.63, 3.8) is 0 Å². The molecule has 3 aromatic heterocycles. The Balaban J connectivity index is 0.000000159. The van der Waals surface area contributed by atoms with E-state index in [0.717, 1.165) is 57.0 Å². The Kier molecular flexibility index (Phi) is 33.5. The second kappa shape index (κ2) is 46.5. The maximum Gasteiger partial charge on any atom is 0.274 e. The average Bonchev–Trinajstić information content (AvgIpc) is 1.71. The summed E-state index contributed by atoms with van der Waals surface area (Å²) in [5.74, 6) is 2.85. The normalized spacial score (nSPS) is 12.4. The lowest BCUT2D eigenvalue weighted by molar-refractivity contribution is 0.101. The standard InChI is InChI=1S/C36H33N5O2.C32H25BrN4O3.C32H26N4O3.C4H9N.Cl2OS/c1-25-20-34(41(40-25)32-13-7-11-30(22-32)37-2)36(42)39-31-12-6-10-29(21-31)35(38-23-26-14-15-26)28-16-18-33(19-17-28)43-24-27-8-4-3-5-9-27;1-21-16-29(37(36-21)27-13-7-11-25(19-27)34-2)32(39)35-26-12-6-10-23(17-26)31(38)24-14-15-30(28(33)18-24)40-20-22-8-4-3-5-9-22;1-22-18-30(36(35-22)28-13-7-11-26(20-28)33-2)32(38)34-27-12-6-10-25(19-27)31(37)24-14-16-29(17-15-24)39-21-23-8-4-3-5-9-23;5-3-4-1-2-4;1-4(2)3/h3-13,16-22,26,35,38H,14-15,23-24H2,1H3,(H,39,42);3-19,31,38H,20H2,1H3,(H,35,39);3-20,31,37H,21H2,1H3,(H,34,38);4H,1-3,5H2;. The molecule has 660 valence electrons. The van der Waals surface area contributed by atoms with Gasteiger partial charge in [-0.2, -0.15) is 15.3 Å². The van der Waals surface area contributed by atoms with Crippen molar-refractivity contribution in [2.45, 2.75) is 84.5 Å². The summed E-state index contributed by atoms with van der Waals surface area (Å²) in [7, 11) is 7.36. The second-order valence-corrected chi connectivity index (χ2v) is 34.4.